The van der Waals surface area contributed by atoms with E-state index in [1.165, 1.54) is 12.1 Å². The molecular weight excluding hydrogens is 309 g/mol. The van der Waals surface area contributed by atoms with E-state index in [0.717, 1.165) is 37.3 Å². The Labute approximate surface area is 131 Å². The van der Waals surface area contributed by atoms with Crippen LogP contribution in [-0.4, -0.2) is 31.1 Å². The van der Waals surface area contributed by atoms with Crippen LogP contribution >= 0.6 is 11.3 Å². The van der Waals surface area contributed by atoms with Gasteiger partial charge in [0.25, 0.3) is 0 Å². The van der Waals surface area contributed by atoms with Crippen molar-refractivity contribution < 1.29 is 13.2 Å². The summed E-state index contributed by atoms with van der Waals surface area (Å²) >= 11 is 1.61. The molecule has 2 heterocycles. The van der Waals surface area contributed by atoms with Crippen LogP contribution in [0.5, 0.6) is 0 Å². The number of piperazine rings is 1. The highest BCUT2D eigenvalue weighted by atomic mass is 32.1. The minimum Gasteiger partial charge on any atom is -0.314 e. The molecule has 1 aliphatic heterocycles. The van der Waals surface area contributed by atoms with E-state index in [-0.39, 0.29) is 6.04 Å². The van der Waals surface area contributed by atoms with Gasteiger partial charge in [-0.15, -0.1) is 0 Å². The molecule has 1 aromatic carbocycles. The Bertz CT molecular complexity index is 587. The SMILES string of the molecule is FC(F)(F)c1ccc([C@H](c2ccsc2)N2CCNCC2)cc1. The summed E-state index contributed by atoms with van der Waals surface area (Å²) in [6.07, 6.45) is -4.29. The highest BCUT2D eigenvalue weighted by Crippen LogP contribution is 2.34. The van der Waals surface area contributed by atoms with E-state index in [9.17, 15) is 13.2 Å². The summed E-state index contributed by atoms with van der Waals surface area (Å²) in [5.41, 5.74) is 1.46. The van der Waals surface area contributed by atoms with Gasteiger partial charge in [0.2, 0.25) is 0 Å². The van der Waals surface area contributed by atoms with Crippen molar-refractivity contribution >= 4 is 11.3 Å². The molecule has 0 saturated carbocycles. The van der Waals surface area contributed by atoms with E-state index in [0.29, 0.717) is 0 Å². The molecule has 0 unspecified atom stereocenters. The number of benzene rings is 1. The first-order valence-electron chi connectivity index (χ1n) is 7.20. The van der Waals surface area contributed by atoms with Gasteiger partial charge >= 0.3 is 6.18 Å². The van der Waals surface area contributed by atoms with Crippen LogP contribution in [0.1, 0.15) is 22.7 Å². The van der Waals surface area contributed by atoms with E-state index < -0.39 is 11.7 Å². The zero-order valence-corrected chi connectivity index (χ0v) is 12.8. The first kappa shape index (κ1) is 15.5. The van der Waals surface area contributed by atoms with Gasteiger partial charge in [-0.2, -0.15) is 24.5 Å². The summed E-state index contributed by atoms with van der Waals surface area (Å²) in [7, 11) is 0. The van der Waals surface area contributed by atoms with Crippen LogP contribution in [0, 0.1) is 0 Å². The monoisotopic (exact) mass is 326 g/mol. The average Bonchev–Trinajstić information content (AvgIpc) is 3.02. The first-order valence-corrected chi connectivity index (χ1v) is 8.14. The van der Waals surface area contributed by atoms with Crippen molar-refractivity contribution in [2.45, 2.75) is 12.2 Å². The van der Waals surface area contributed by atoms with Crippen molar-refractivity contribution in [1.29, 1.82) is 0 Å². The fourth-order valence-corrected chi connectivity index (χ4v) is 3.52. The van der Waals surface area contributed by atoms with Crippen LogP contribution < -0.4 is 5.32 Å². The summed E-state index contributed by atoms with van der Waals surface area (Å²) < 4.78 is 38.2. The largest absolute Gasteiger partial charge is 0.416 e. The second kappa shape index (κ2) is 6.40. The maximum Gasteiger partial charge on any atom is 0.416 e. The fraction of sp³-hybridized carbons (Fsp3) is 0.375. The van der Waals surface area contributed by atoms with Crippen LogP contribution in [0.4, 0.5) is 13.2 Å². The quantitative estimate of drug-likeness (QED) is 0.924. The van der Waals surface area contributed by atoms with E-state index in [2.05, 4.69) is 21.7 Å². The van der Waals surface area contributed by atoms with Crippen molar-refractivity contribution in [3.05, 3.63) is 57.8 Å². The Balaban J connectivity index is 1.92. The molecule has 22 heavy (non-hydrogen) atoms. The molecule has 1 saturated heterocycles. The molecule has 0 spiro atoms. The normalized spacial score (nSPS) is 18.3. The Morgan fingerprint density at radius 3 is 2.23 bits per heavy atom. The number of halogens is 3. The Morgan fingerprint density at radius 2 is 1.68 bits per heavy atom. The highest BCUT2D eigenvalue weighted by molar-refractivity contribution is 7.08. The molecule has 1 aromatic heterocycles. The Hall–Kier alpha value is -1.37. The highest BCUT2D eigenvalue weighted by Gasteiger charge is 2.31. The molecule has 0 bridgehead atoms. The van der Waals surface area contributed by atoms with Gasteiger partial charge in [0.05, 0.1) is 11.6 Å². The molecule has 118 valence electrons. The molecule has 6 heteroatoms. The minimum atomic E-state index is -4.29. The van der Waals surface area contributed by atoms with Crippen LogP contribution in [0.25, 0.3) is 0 Å². The van der Waals surface area contributed by atoms with Gasteiger partial charge in [-0.25, -0.2) is 0 Å². The van der Waals surface area contributed by atoms with Gasteiger partial charge in [-0.3, -0.25) is 4.90 Å². The summed E-state index contributed by atoms with van der Waals surface area (Å²) in [5, 5.41) is 7.39. The predicted octanol–water partition coefficient (Wildman–Crippen LogP) is 3.76. The molecule has 1 N–H and O–H groups in total. The topological polar surface area (TPSA) is 15.3 Å². The number of hydrogen-bond donors (Lipinski definition) is 1. The second-order valence-corrected chi connectivity index (χ2v) is 6.14. The zero-order chi connectivity index (χ0) is 15.6. The van der Waals surface area contributed by atoms with Crippen LogP contribution in [0.2, 0.25) is 0 Å². The van der Waals surface area contributed by atoms with Crippen molar-refractivity contribution in [3.63, 3.8) is 0 Å². The van der Waals surface area contributed by atoms with Gasteiger partial charge in [0.15, 0.2) is 0 Å². The Kier molecular flexibility index (Phi) is 4.52. The number of thiophene rings is 1. The van der Waals surface area contributed by atoms with E-state index in [1.54, 1.807) is 23.5 Å². The lowest BCUT2D eigenvalue weighted by Gasteiger charge is -2.35. The minimum absolute atomic E-state index is 0.0237. The van der Waals surface area contributed by atoms with Gasteiger partial charge in [0.1, 0.15) is 0 Å². The molecule has 0 aliphatic carbocycles. The number of rotatable bonds is 3. The molecule has 1 atom stereocenters. The number of hydrogen-bond acceptors (Lipinski definition) is 3. The average molecular weight is 326 g/mol. The number of nitrogens with one attached hydrogen (secondary N) is 1. The maximum absolute atomic E-state index is 12.7. The summed E-state index contributed by atoms with van der Waals surface area (Å²) in [4.78, 5) is 2.32. The number of nitrogens with zero attached hydrogens (tertiary/aromatic N) is 1. The van der Waals surface area contributed by atoms with Crippen molar-refractivity contribution in [2.75, 3.05) is 26.2 Å². The maximum atomic E-state index is 12.7. The molecule has 2 aromatic rings. The lowest BCUT2D eigenvalue weighted by molar-refractivity contribution is -0.137. The third kappa shape index (κ3) is 3.34. The molecular formula is C16H17F3N2S. The molecule has 1 fully saturated rings. The van der Waals surface area contributed by atoms with Gasteiger partial charge < -0.3 is 5.32 Å². The fourth-order valence-electron chi connectivity index (χ4n) is 2.84. The third-order valence-electron chi connectivity index (χ3n) is 3.93. The van der Waals surface area contributed by atoms with Crippen LogP contribution in [0.15, 0.2) is 41.1 Å². The summed E-state index contributed by atoms with van der Waals surface area (Å²) in [6, 6.07) is 7.64. The lowest BCUT2D eigenvalue weighted by atomic mass is 9.97. The molecule has 0 amide bonds. The van der Waals surface area contributed by atoms with Crippen molar-refractivity contribution in [1.82, 2.24) is 10.2 Å². The predicted molar refractivity (Wildman–Crippen MR) is 82.0 cm³/mol. The summed E-state index contributed by atoms with van der Waals surface area (Å²) in [6.45, 7) is 3.59. The van der Waals surface area contributed by atoms with Gasteiger partial charge in [-0.1, -0.05) is 12.1 Å². The summed E-state index contributed by atoms with van der Waals surface area (Å²) in [5.74, 6) is 0. The second-order valence-electron chi connectivity index (χ2n) is 5.36. The molecule has 2 nitrogen and oxygen atoms in total. The number of alkyl halides is 3. The molecule has 0 radical (unpaired) electrons. The van der Waals surface area contributed by atoms with Crippen molar-refractivity contribution in [2.24, 2.45) is 0 Å². The van der Waals surface area contributed by atoms with E-state index >= 15 is 0 Å². The standard InChI is InChI=1S/C16H17F3N2S/c17-16(18,19)14-3-1-12(2-4-14)15(13-5-10-22-11-13)21-8-6-20-7-9-21/h1-5,10-11,15,20H,6-9H2/t15-/m1/s1. The van der Waals surface area contributed by atoms with Gasteiger partial charge in [0, 0.05) is 26.2 Å². The first-order chi connectivity index (χ1) is 10.6. The van der Waals surface area contributed by atoms with Crippen LogP contribution in [0.3, 0.4) is 0 Å². The van der Waals surface area contributed by atoms with E-state index in [4.69, 9.17) is 0 Å². The third-order valence-corrected chi connectivity index (χ3v) is 4.63. The zero-order valence-electron chi connectivity index (χ0n) is 11.9. The lowest BCUT2D eigenvalue weighted by Crippen LogP contribution is -2.45. The molecule has 1 aliphatic rings. The Morgan fingerprint density at radius 1 is 1.00 bits per heavy atom. The van der Waals surface area contributed by atoms with Crippen LogP contribution in [-0.2, 0) is 6.18 Å². The van der Waals surface area contributed by atoms with Gasteiger partial charge in [-0.05, 0) is 40.1 Å². The van der Waals surface area contributed by atoms with E-state index in [1.807, 2.05) is 5.38 Å². The van der Waals surface area contributed by atoms with Crippen molar-refractivity contribution in [3.8, 4) is 0 Å². The molecule has 3 rings (SSSR count). The smallest absolute Gasteiger partial charge is 0.314 e.